The molecule has 114 valence electrons. The molecule has 0 bridgehead atoms. The smallest absolute Gasteiger partial charge is 0.0837 e. The molecule has 6 heteroatoms. The minimum Gasteiger partial charge on any atom is -0.383 e. The number of rotatable bonds is 6. The Morgan fingerprint density at radius 1 is 1.33 bits per heavy atom. The topological polar surface area (TPSA) is 39.1 Å². The summed E-state index contributed by atoms with van der Waals surface area (Å²) in [7, 11) is 3.56. The highest BCUT2D eigenvalue weighted by atomic mass is 35.5. The van der Waals surface area contributed by atoms with Gasteiger partial charge in [-0.15, -0.1) is 0 Å². The average molecular weight is 328 g/mol. The average Bonchev–Trinajstić information content (AvgIpc) is 2.78. The predicted molar refractivity (Wildman–Crippen MR) is 86.2 cm³/mol. The van der Waals surface area contributed by atoms with E-state index in [1.54, 1.807) is 13.3 Å². The highest BCUT2D eigenvalue weighted by Gasteiger charge is 2.21. The van der Waals surface area contributed by atoms with Crippen molar-refractivity contribution in [3.05, 3.63) is 51.3 Å². The fraction of sp³-hybridized carbons (Fsp3) is 0.400. The van der Waals surface area contributed by atoms with Gasteiger partial charge in [0.15, 0.2) is 0 Å². The van der Waals surface area contributed by atoms with E-state index in [9.17, 15) is 0 Å². The first kappa shape index (κ1) is 16.3. The quantitative estimate of drug-likeness (QED) is 0.883. The molecule has 1 heterocycles. The van der Waals surface area contributed by atoms with Gasteiger partial charge in [-0.1, -0.05) is 29.3 Å². The van der Waals surface area contributed by atoms with Gasteiger partial charge in [0, 0.05) is 12.1 Å². The van der Waals surface area contributed by atoms with Gasteiger partial charge in [0.1, 0.15) is 0 Å². The highest BCUT2D eigenvalue weighted by molar-refractivity contribution is 6.31. The van der Waals surface area contributed by atoms with Gasteiger partial charge in [0.25, 0.3) is 0 Å². The number of aromatic nitrogens is 2. The summed E-state index contributed by atoms with van der Waals surface area (Å²) in [5.41, 5.74) is 3.08. The third-order valence-corrected chi connectivity index (χ3v) is 3.81. The molecule has 1 aromatic heterocycles. The fourth-order valence-electron chi connectivity index (χ4n) is 2.41. The van der Waals surface area contributed by atoms with Crippen molar-refractivity contribution in [2.24, 2.45) is 0 Å². The van der Waals surface area contributed by atoms with Gasteiger partial charge in [-0.2, -0.15) is 5.10 Å². The van der Waals surface area contributed by atoms with E-state index in [0.29, 0.717) is 23.2 Å². The number of aryl methyl sites for hydroxylation is 1. The Labute approximate surface area is 135 Å². The first-order valence-corrected chi connectivity index (χ1v) is 7.47. The van der Waals surface area contributed by atoms with Crippen molar-refractivity contribution in [3.8, 4) is 0 Å². The minimum atomic E-state index is -0.0748. The summed E-state index contributed by atoms with van der Waals surface area (Å²) < 4.78 is 6.99. The summed E-state index contributed by atoms with van der Waals surface area (Å²) in [4.78, 5) is 0. The minimum absolute atomic E-state index is 0.0748. The number of methoxy groups -OCH3 is 1. The molecule has 1 N–H and O–H groups in total. The fourth-order valence-corrected chi connectivity index (χ4v) is 2.96. The lowest BCUT2D eigenvalue weighted by molar-refractivity contribution is 0.182. The molecule has 0 saturated carbocycles. The van der Waals surface area contributed by atoms with Crippen LogP contribution in [0.5, 0.6) is 0 Å². The molecule has 1 atom stereocenters. The van der Waals surface area contributed by atoms with Crippen molar-refractivity contribution in [1.29, 1.82) is 0 Å². The molecule has 0 saturated heterocycles. The van der Waals surface area contributed by atoms with Gasteiger partial charge in [0.2, 0.25) is 0 Å². The van der Waals surface area contributed by atoms with Crippen LogP contribution < -0.4 is 5.32 Å². The standard InChI is InChI=1S/C15H19Cl2N3O/c1-10-6-11(8-12(16)7-10)14(18-2)15-13(17)9-19-20(15)4-5-21-3/h6-9,14,18H,4-5H2,1-3H3. The van der Waals surface area contributed by atoms with Crippen LogP contribution in [0, 0.1) is 6.92 Å². The van der Waals surface area contributed by atoms with Crippen LogP contribution in [0.1, 0.15) is 22.9 Å². The van der Waals surface area contributed by atoms with E-state index < -0.39 is 0 Å². The largest absolute Gasteiger partial charge is 0.383 e. The number of nitrogens with one attached hydrogen (secondary N) is 1. The molecule has 21 heavy (non-hydrogen) atoms. The van der Waals surface area contributed by atoms with E-state index in [4.69, 9.17) is 27.9 Å². The van der Waals surface area contributed by atoms with Crippen LogP contribution in [0.15, 0.2) is 24.4 Å². The van der Waals surface area contributed by atoms with Crippen LogP contribution in [0.3, 0.4) is 0 Å². The summed E-state index contributed by atoms with van der Waals surface area (Å²) >= 11 is 12.5. The lowest BCUT2D eigenvalue weighted by Gasteiger charge is -2.20. The lowest BCUT2D eigenvalue weighted by atomic mass is 10.0. The molecule has 1 aromatic carbocycles. The summed E-state index contributed by atoms with van der Waals surface area (Å²) in [5.74, 6) is 0. The molecule has 0 spiro atoms. The normalized spacial score (nSPS) is 12.6. The Kier molecular flexibility index (Phi) is 5.65. The third-order valence-electron chi connectivity index (χ3n) is 3.30. The highest BCUT2D eigenvalue weighted by Crippen LogP contribution is 2.30. The molecule has 0 amide bonds. The van der Waals surface area contributed by atoms with Crippen LogP contribution in [0.4, 0.5) is 0 Å². The monoisotopic (exact) mass is 327 g/mol. The molecule has 0 aliphatic carbocycles. The van der Waals surface area contributed by atoms with Crippen LogP contribution in [0.2, 0.25) is 10.0 Å². The molecule has 0 fully saturated rings. The van der Waals surface area contributed by atoms with Crippen molar-refractivity contribution < 1.29 is 4.74 Å². The maximum Gasteiger partial charge on any atom is 0.0837 e. The Balaban J connectivity index is 2.43. The zero-order valence-electron chi connectivity index (χ0n) is 12.4. The summed E-state index contributed by atoms with van der Waals surface area (Å²) in [5, 5.41) is 8.95. The van der Waals surface area contributed by atoms with Crippen LogP contribution in [0.25, 0.3) is 0 Å². The molecule has 2 rings (SSSR count). The molecule has 1 unspecified atom stereocenters. The second kappa shape index (κ2) is 7.27. The number of nitrogens with zero attached hydrogens (tertiary/aromatic N) is 2. The number of ether oxygens (including phenoxy) is 1. The van der Waals surface area contributed by atoms with E-state index in [-0.39, 0.29) is 6.04 Å². The van der Waals surface area contributed by atoms with Gasteiger partial charge in [-0.05, 0) is 37.2 Å². The summed E-state index contributed by atoms with van der Waals surface area (Å²) in [6.07, 6.45) is 1.66. The van der Waals surface area contributed by atoms with Gasteiger partial charge < -0.3 is 10.1 Å². The Hall–Kier alpha value is -1.07. The number of hydrogen-bond acceptors (Lipinski definition) is 3. The van der Waals surface area contributed by atoms with Crippen LogP contribution >= 0.6 is 23.2 Å². The molecular weight excluding hydrogens is 309 g/mol. The number of halogens is 2. The SMILES string of the molecule is CNC(c1cc(C)cc(Cl)c1)c1c(Cl)cnn1CCOC. The zero-order chi connectivity index (χ0) is 15.4. The lowest BCUT2D eigenvalue weighted by Crippen LogP contribution is -2.23. The Bertz CT molecular complexity index is 593. The van der Waals surface area contributed by atoms with E-state index in [2.05, 4.69) is 16.5 Å². The maximum absolute atomic E-state index is 6.33. The molecular formula is C15H19Cl2N3O. The van der Waals surface area contributed by atoms with E-state index in [1.165, 1.54) is 0 Å². The van der Waals surface area contributed by atoms with Crippen molar-refractivity contribution in [3.63, 3.8) is 0 Å². The van der Waals surface area contributed by atoms with Crippen LogP contribution in [-0.2, 0) is 11.3 Å². The zero-order valence-corrected chi connectivity index (χ0v) is 13.9. The van der Waals surface area contributed by atoms with Crippen molar-refractivity contribution >= 4 is 23.2 Å². The van der Waals surface area contributed by atoms with Gasteiger partial charge >= 0.3 is 0 Å². The molecule has 0 aliphatic rings. The second-order valence-corrected chi connectivity index (χ2v) is 5.72. The van der Waals surface area contributed by atoms with E-state index in [1.807, 2.05) is 30.8 Å². The van der Waals surface area contributed by atoms with Crippen LogP contribution in [-0.4, -0.2) is 30.5 Å². The number of benzene rings is 1. The van der Waals surface area contributed by atoms with Gasteiger partial charge in [0.05, 0.1) is 36.1 Å². The van der Waals surface area contributed by atoms with Crippen molar-refractivity contribution in [2.75, 3.05) is 20.8 Å². The molecule has 0 aliphatic heterocycles. The molecule has 2 aromatic rings. The third kappa shape index (κ3) is 3.77. The summed E-state index contributed by atoms with van der Waals surface area (Å²) in [6.45, 7) is 3.25. The van der Waals surface area contributed by atoms with E-state index >= 15 is 0 Å². The summed E-state index contributed by atoms with van der Waals surface area (Å²) in [6, 6.07) is 5.90. The number of hydrogen-bond donors (Lipinski definition) is 1. The second-order valence-electron chi connectivity index (χ2n) is 4.88. The van der Waals surface area contributed by atoms with Gasteiger partial charge in [-0.3, -0.25) is 4.68 Å². The van der Waals surface area contributed by atoms with Crippen molar-refractivity contribution in [1.82, 2.24) is 15.1 Å². The maximum atomic E-state index is 6.33. The molecule has 4 nitrogen and oxygen atoms in total. The molecule has 0 radical (unpaired) electrons. The predicted octanol–water partition coefficient (Wildman–Crippen LogP) is 3.45. The van der Waals surface area contributed by atoms with E-state index in [0.717, 1.165) is 16.8 Å². The Morgan fingerprint density at radius 3 is 2.71 bits per heavy atom. The van der Waals surface area contributed by atoms with Crippen molar-refractivity contribution in [2.45, 2.75) is 19.5 Å². The first-order valence-electron chi connectivity index (χ1n) is 6.71. The first-order chi connectivity index (χ1) is 10.1. The Morgan fingerprint density at radius 2 is 2.10 bits per heavy atom. The van der Waals surface area contributed by atoms with Gasteiger partial charge in [-0.25, -0.2) is 0 Å².